The molecule has 1 aromatic rings. The summed E-state index contributed by atoms with van der Waals surface area (Å²) < 4.78 is 28.6. The third-order valence-corrected chi connectivity index (χ3v) is 5.26. The van der Waals surface area contributed by atoms with Gasteiger partial charge in [0.1, 0.15) is 17.3 Å². The van der Waals surface area contributed by atoms with Crippen LogP contribution in [0.15, 0.2) is 18.2 Å². The van der Waals surface area contributed by atoms with Gasteiger partial charge in [0.05, 0.1) is 16.0 Å². The highest BCUT2D eigenvalue weighted by Crippen LogP contribution is 2.25. The molecule has 0 unspecified atom stereocenters. The molecule has 0 aliphatic rings. The van der Waals surface area contributed by atoms with Crippen molar-refractivity contribution in [3.8, 4) is 5.75 Å². The summed E-state index contributed by atoms with van der Waals surface area (Å²) >= 11 is 10.8. The molecule has 1 rings (SSSR count). The average Bonchev–Trinajstić information content (AvgIpc) is 2.30. The highest BCUT2D eigenvalue weighted by molar-refractivity contribution is 7.92. The topological polar surface area (TPSA) is 69.4 Å². The fourth-order valence-electron chi connectivity index (χ4n) is 1.27. The Morgan fingerprint density at radius 2 is 2.11 bits per heavy atom. The molecule has 1 aromatic carbocycles. The van der Waals surface area contributed by atoms with Gasteiger partial charge in [0, 0.05) is 5.56 Å². The number of benzene rings is 1. The van der Waals surface area contributed by atoms with Crippen LogP contribution in [0, 0.1) is 0 Å². The Bertz CT molecular complexity index is 570. The smallest absolute Gasteiger partial charge is 0.155 e. The van der Waals surface area contributed by atoms with Gasteiger partial charge >= 0.3 is 0 Å². The molecule has 2 N–H and O–H groups in total. The summed E-state index contributed by atoms with van der Waals surface area (Å²) in [5.74, 6) is 0.374. The van der Waals surface area contributed by atoms with E-state index in [0.717, 1.165) is 0 Å². The van der Waals surface area contributed by atoms with Crippen molar-refractivity contribution in [2.45, 2.75) is 19.1 Å². The van der Waals surface area contributed by atoms with Gasteiger partial charge in [-0.05, 0) is 32.0 Å². The molecular weight excluding hydrogens is 306 g/mol. The second kappa shape index (κ2) is 6.54. The second-order valence-corrected chi connectivity index (χ2v) is 7.80. The van der Waals surface area contributed by atoms with Crippen LogP contribution in [-0.2, 0) is 9.84 Å². The summed E-state index contributed by atoms with van der Waals surface area (Å²) in [4.78, 5) is 0.246. The molecule has 0 radical (unpaired) electrons. The molecule has 19 heavy (non-hydrogen) atoms. The molecule has 0 amide bonds. The number of nitrogens with two attached hydrogens (primary N) is 1. The molecule has 0 spiro atoms. The van der Waals surface area contributed by atoms with Crippen LogP contribution in [0.3, 0.4) is 0 Å². The minimum atomic E-state index is -3.11. The Morgan fingerprint density at radius 3 is 2.58 bits per heavy atom. The molecular formula is C12H16ClNO3S2. The normalized spacial score (nSPS) is 11.6. The van der Waals surface area contributed by atoms with E-state index in [-0.39, 0.29) is 17.3 Å². The van der Waals surface area contributed by atoms with Crippen molar-refractivity contribution in [1.29, 1.82) is 0 Å². The number of rotatable bonds is 6. The van der Waals surface area contributed by atoms with Crippen molar-refractivity contribution in [3.63, 3.8) is 0 Å². The third-order valence-electron chi connectivity index (χ3n) is 2.56. The van der Waals surface area contributed by atoms with E-state index in [1.807, 2.05) is 0 Å². The van der Waals surface area contributed by atoms with Gasteiger partial charge in [0.15, 0.2) is 9.84 Å². The zero-order chi connectivity index (χ0) is 14.6. The molecule has 7 heteroatoms. The minimum absolute atomic E-state index is 0.0436. The van der Waals surface area contributed by atoms with Gasteiger partial charge in [-0.15, -0.1) is 0 Å². The van der Waals surface area contributed by atoms with Crippen molar-refractivity contribution >= 4 is 38.6 Å². The van der Waals surface area contributed by atoms with Crippen molar-refractivity contribution in [2.24, 2.45) is 5.73 Å². The maximum atomic E-state index is 11.6. The number of halogens is 1. The monoisotopic (exact) mass is 321 g/mol. The molecule has 0 aromatic heterocycles. The first-order valence-electron chi connectivity index (χ1n) is 5.68. The first kappa shape index (κ1) is 16.2. The van der Waals surface area contributed by atoms with Crippen LogP contribution in [-0.4, -0.2) is 31.0 Å². The van der Waals surface area contributed by atoms with Crippen molar-refractivity contribution in [2.75, 3.05) is 12.4 Å². The second-order valence-electron chi connectivity index (χ2n) is 4.27. The van der Waals surface area contributed by atoms with Gasteiger partial charge in [-0.1, -0.05) is 23.8 Å². The van der Waals surface area contributed by atoms with E-state index >= 15 is 0 Å². The van der Waals surface area contributed by atoms with Crippen LogP contribution in [0.2, 0.25) is 5.02 Å². The lowest BCUT2D eigenvalue weighted by atomic mass is 10.2. The molecule has 0 fully saturated rings. The third kappa shape index (κ3) is 4.63. The van der Waals surface area contributed by atoms with Crippen LogP contribution in [0.5, 0.6) is 5.75 Å². The number of hydrogen-bond acceptors (Lipinski definition) is 4. The molecule has 0 atom stereocenters. The molecule has 0 bridgehead atoms. The molecule has 0 heterocycles. The van der Waals surface area contributed by atoms with Crippen LogP contribution < -0.4 is 10.5 Å². The molecule has 106 valence electrons. The summed E-state index contributed by atoms with van der Waals surface area (Å²) in [5.41, 5.74) is 6.12. The summed E-state index contributed by atoms with van der Waals surface area (Å²) in [7, 11) is -3.11. The number of hydrogen-bond donors (Lipinski definition) is 1. The van der Waals surface area contributed by atoms with Crippen molar-refractivity contribution in [1.82, 2.24) is 0 Å². The van der Waals surface area contributed by atoms with Crippen molar-refractivity contribution < 1.29 is 13.2 Å². The lowest BCUT2D eigenvalue weighted by molar-refractivity contribution is 0.340. The Kier molecular flexibility index (Phi) is 5.58. The zero-order valence-electron chi connectivity index (χ0n) is 10.7. The minimum Gasteiger partial charge on any atom is -0.491 e. The number of sulfone groups is 1. The summed E-state index contributed by atoms with van der Waals surface area (Å²) in [6.07, 6.45) is 0. The van der Waals surface area contributed by atoms with Crippen LogP contribution >= 0.6 is 23.8 Å². The Balaban J connectivity index is 2.67. The van der Waals surface area contributed by atoms with Crippen LogP contribution in [0.25, 0.3) is 0 Å². The van der Waals surface area contributed by atoms with Crippen LogP contribution in [0.4, 0.5) is 0 Å². The van der Waals surface area contributed by atoms with Gasteiger partial charge < -0.3 is 10.5 Å². The Labute approximate surface area is 123 Å². The summed E-state index contributed by atoms with van der Waals surface area (Å²) in [5, 5.41) is -0.0594. The predicted octanol–water partition coefficient (Wildman–Crippen LogP) is 2.18. The molecule has 0 aliphatic carbocycles. The lowest BCUT2D eigenvalue weighted by Crippen LogP contribution is -2.22. The zero-order valence-corrected chi connectivity index (χ0v) is 13.1. The van der Waals surface area contributed by atoms with Gasteiger partial charge in [-0.3, -0.25) is 0 Å². The van der Waals surface area contributed by atoms with E-state index in [1.165, 1.54) is 0 Å². The standard InChI is InChI=1S/C12H16ClNO3S2/c1-8(2)19(15,16)6-5-17-11-4-3-9(12(14)18)7-10(11)13/h3-4,7-8H,5-6H2,1-2H3,(H2,14,18). The highest BCUT2D eigenvalue weighted by atomic mass is 35.5. The van der Waals surface area contributed by atoms with E-state index < -0.39 is 15.1 Å². The predicted molar refractivity (Wildman–Crippen MR) is 81.8 cm³/mol. The van der Waals surface area contributed by atoms with Gasteiger partial charge in [0.2, 0.25) is 0 Å². The van der Waals surface area contributed by atoms with Gasteiger partial charge in [-0.2, -0.15) is 0 Å². The Morgan fingerprint density at radius 1 is 1.47 bits per heavy atom. The fraction of sp³-hybridized carbons (Fsp3) is 0.417. The molecule has 0 aliphatic heterocycles. The van der Waals surface area contributed by atoms with E-state index in [0.29, 0.717) is 16.3 Å². The average molecular weight is 322 g/mol. The van der Waals surface area contributed by atoms with Crippen molar-refractivity contribution in [3.05, 3.63) is 28.8 Å². The summed E-state index contributed by atoms with van der Waals surface area (Å²) in [6.45, 7) is 3.34. The van der Waals surface area contributed by atoms with E-state index in [2.05, 4.69) is 0 Å². The largest absolute Gasteiger partial charge is 0.491 e. The maximum Gasteiger partial charge on any atom is 0.155 e. The number of thiocarbonyl (C=S) groups is 1. The quantitative estimate of drug-likeness (QED) is 0.813. The molecule has 0 saturated carbocycles. The van der Waals surface area contributed by atoms with E-state index in [4.69, 9.17) is 34.3 Å². The van der Waals surface area contributed by atoms with Crippen LogP contribution in [0.1, 0.15) is 19.4 Å². The number of ether oxygens (including phenoxy) is 1. The fourth-order valence-corrected chi connectivity index (χ4v) is 2.42. The van der Waals surface area contributed by atoms with Gasteiger partial charge in [0.25, 0.3) is 0 Å². The Hall–Kier alpha value is -0.850. The highest BCUT2D eigenvalue weighted by Gasteiger charge is 2.16. The summed E-state index contributed by atoms with van der Waals surface area (Å²) in [6, 6.07) is 4.90. The molecule has 0 saturated heterocycles. The van der Waals surface area contributed by atoms with Gasteiger partial charge in [-0.25, -0.2) is 8.42 Å². The lowest BCUT2D eigenvalue weighted by Gasteiger charge is -2.11. The SMILES string of the molecule is CC(C)S(=O)(=O)CCOc1ccc(C(N)=S)cc1Cl. The van der Waals surface area contributed by atoms with E-state index in [9.17, 15) is 8.42 Å². The first-order chi connectivity index (χ1) is 8.74. The maximum absolute atomic E-state index is 11.6. The molecule has 4 nitrogen and oxygen atoms in total. The van der Waals surface area contributed by atoms with E-state index in [1.54, 1.807) is 32.0 Å². The first-order valence-corrected chi connectivity index (χ1v) is 8.18.